The monoisotopic (exact) mass is 563 g/mol. The van der Waals surface area contributed by atoms with Gasteiger partial charge >= 0.3 is 0 Å². The third kappa shape index (κ3) is 2.76. The predicted octanol–water partition coefficient (Wildman–Crippen LogP) is -1.02. The molecule has 1 aliphatic heterocycles. The van der Waals surface area contributed by atoms with Crippen LogP contribution in [-0.2, 0) is 25.8 Å². The minimum absolute atomic E-state index is 0. The van der Waals surface area contributed by atoms with Gasteiger partial charge < -0.3 is 24.8 Å². The maximum Gasteiger partial charge on any atom is 0.108 e. The molecule has 0 unspecified atom stereocenters. The zero-order valence-corrected chi connectivity index (χ0v) is 21.2. The molecule has 0 nitrogen and oxygen atoms in total. The Bertz CT molecular complexity index is 1030. The van der Waals surface area contributed by atoms with E-state index < -0.39 is 8.07 Å². The number of benzene rings is 2. The van der Waals surface area contributed by atoms with Crippen molar-refractivity contribution in [3.63, 3.8) is 0 Å². The molecule has 0 saturated carbocycles. The van der Waals surface area contributed by atoms with Gasteiger partial charge in [0.15, 0.2) is 0 Å². The van der Waals surface area contributed by atoms with E-state index in [1.807, 2.05) is 0 Å². The maximum absolute atomic E-state index is 2.55. The molecule has 0 N–H and O–H groups in total. The van der Waals surface area contributed by atoms with E-state index >= 15 is 0 Å². The van der Waals surface area contributed by atoms with Gasteiger partial charge in [-0.25, -0.2) is 0 Å². The smallest absolute Gasteiger partial charge is 0.108 e. The Morgan fingerprint density at radius 3 is 2.42 bits per heavy atom. The summed E-state index contributed by atoms with van der Waals surface area (Å²) in [6.45, 7) is 4.81. The van der Waals surface area contributed by atoms with Gasteiger partial charge in [0.25, 0.3) is 0 Å². The summed E-state index contributed by atoms with van der Waals surface area (Å²) in [6, 6.07) is 16.6. The predicted molar refractivity (Wildman–Crippen MR) is 105 cm³/mol. The Labute approximate surface area is 187 Å². The standard InChI is InChI=1S/C22H21Si.2ClH.Hf/c1-3-23(4-2)20-14-18-17-12-8-7-11-16(17)13-19(18)21(22(20)23)15-9-5-6-10-15;;;/h5-9,11-14H,3-4,10H2,1-2H3;2*1H;/q-1;;;/p-2. The fourth-order valence-electron chi connectivity index (χ4n) is 4.80. The first-order valence-corrected chi connectivity index (χ1v) is 11.2. The molecule has 0 atom stereocenters. The van der Waals surface area contributed by atoms with Gasteiger partial charge in [0, 0.05) is 25.8 Å². The molecular formula is C22H21Cl2HfSi-3. The number of fused-ring (bicyclic) bond motifs is 4. The maximum atomic E-state index is 2.55. The van der Waals surface area contributed by atoms with Crippen molar-refractivity contribution in [1.82, 2.24) is 0 Å². The fraction of sp³-hybridized carbons (Fsp3) is 0.227. The van der Waals surface area contributed by atoms with Crippen LogP contribution in [0.1, 0.15) is 25.8 Å². The van der Waals surface area contributed by atoms with E-state index in [0.717, 1.165) is 6.42 Å². The summed E-state index contributed by atoms with van der Waals surface area (Å²) in [5.74, 6) is 0. The molecule has 5 rings (SSSR count). The number of hydrogen-bond donors (Lipinski definition) is 0. The first-order valence-electron chi connectivity index (χ1n) is 8.82. The van der Waals surface area contributed by atoms with Crippen molar-refractivity contribution in [3.05, 3.63) is 60.2 Å². The van der Waals surface area contributed by atoms with Crippen LogP contribution in [0.4, 0.5) is 0 Å². The van der Waals surface area contributed by atoms with Gasteiger partial charge in [-0.1, -0.05) is 89.9 Å². The van der Waals surface area contributed by atoms with Crippen molar-refractivity contribution in [2.45, 2.75) is 32.4 Å². The van der Waals surface area contributed by atoms with Crippen LogP contribution in [-0.4, -0.2) is 8.07 Å². The summed E-state index contributed by atoms with van der Waals surface area (Å²) in [6.07, 6.45) is 7.97. The molecule has 0 saturated heterocycles. The number of hydrogen-bond acceptors (Lipinski definition) is 0. The second-order valence-corrected chi connectivity index (χ2v) is 11.6. The van der Waals surface area contributed by atoms with E-state index in [4.69, 9.17) is 0 Å². The molecule has 4 heteroatoms. The van der Waals surface area contributed by atoms with E-state index in [1.54, 1.807) is 21.5 Å². The van der Waals surface area contributed by atoms with E-state index in [9.17, 15) is 0 Å². The molecule has 134 valence electrons. The van der Waals surface area contributed by atoms with E-state index in [-0.39, 0.29) is 50.7 Å². The van der Waals surface area contributed by atoms with Crippen molar-refractivity contribution in [3.8, 4) is 0 Å². The summed E-state index contributed by atoms with van der Waals surface area (Å²) in [5, 5.41) is 9.32. The van der Waals surface area contributed by atoms with Crippen LogP contribution >= 0.6 is 0 Å². The fourth-order valence-corrected chi connectivity index (χ4v) is 9.46. The number of allylic oxidation sites excluding steroid dienone is 4. The minimum Gasteiger partial charge on any atom is -1.00 e. The average Bonchev–Trinajstić information content (AvgIpc) is 2.95. The molecular weight excluding hydrogens is 542 g/mol. The van der Waals surface area contributed by atoms with Crippen molar-refractivity contribution >= 4 is 45.6 Å². The molecule has 0 radical (unpaired) electrons. The van der Waals surface area contributed by atoms with Crippen LogP contribution in [0.25, 0.3) is 27.1 Å². The van der Waals surface area contributed by atoms with Crippen LogP contribution < -0.4 is 35.2 Å². The van der Waals surface area contributed by atoms with Gasteiger partial charge in [-0.15, -0.1) is 33.7 Å². The zero-order valence-electron chi connectivity index (χ0n) is 15.1. The molecule has 1 aliphatic carbocycles. The molecule has 3 aromatic carbocycles. The molecule has 26 heavy (non-hydrogen) atoms. The van der Waals surface area contributed by atoms with Crippen molar-refractivity contribution in [1.29, 1.82) is 0 Å². The van der Waals surface area contributed by atoms with Crippen molar-refractivity contribution in [2.75, 3.05) is 0 Å². The second-order valence-electron chi connectivity index (χ2n) is 6.98. The Kier molecular flexibility index (Phi) is 6.55. The molecule has 0 spiro atoms. The molecule has 0 amide bonds. The quantitative estimate of drug-likeness (QED) is 0.283. The van der Waals surface area contributed by atoms with E-state index in [2.05, 4.69) is 68.5 Å². The van der Waals surface area contributed by atoms with Crippen LogP contribution in [0, 0.1) is 0 Å². The van der Waals surface area contributed by atoms with Crippen LogP contribution in [0.15, 0.2) is 54.6 Å². The van der Waals surface area contributed by atoms with Crippen LogP contribution in [0.3, 0.4) is 0 Å². The van der Waals surface area contributed by atoms with Crippen molar-refractivity contribution < 1.29 is 50.7 Å². The largest absolute Gasteiger partial charge is 1.00 e. The summed E-state index contributed by atoms with van der Waals surface area (Å²) in [7, 11) is -1.30. The molecule has 2 aliphatic rings. The molecule has 0 fully saturated rings. The van der Waals surface area contributed by atoms with E-state index in [0.29, 0.717) is 0 Å². The first-order chi connectivity index (χ1) is 11.3. The van der Waals surface area contributed by atoms with Gasteiger partial charge in [0.05, 0.1) is 0 Å². The normalized spacial score (nSPS) is 15.7. The Morgan fingerprint density at radius 1 is 1.04 bits per heavy atom. The SMILES string of the molecule is CC[Si]1(CC)c2cc3c([cH-]c4ccccc43)c(C3=CC=CC3)c21.[Cl-].[Cl-].[Hf]. The first kappa shape index (κ1) is 21.8. The zero-order chi connectivity index (χ0) is 15.6. The van der Waals surface area contributed by atoms with Gasteiger partial charge in [-0.2, -0.15) is 0 Å². The van der Waals surface area contributed by atoms with Crippen LogP contribution in [0.5, 0.6) is 0 Å². The van der Waals surface area contributed by atoms with Gasteiger partial charge in [-0.05, 0) is 6.42 Å². The third-order valence-corrected chi connectivity index (χ3v) is 11.2. The second kappa shape index (κ2) is 7.83. The Balaban J connectivity index is 0.000000810. The Morgan fingerprint density at radius 2 is 1.77 bits per heavy atom. The van der Waals surface area contributed by atoms with Crippen LogP contribution in [0.2, 0.25) is 12.1 Å². The third-order valence-electron chi connectivity index (χ3n) is 6.15. The molecule has 1 heterocycles. The number of rotatable bonds is 3. The van der Waals surface area contributed by atoms with Gasteiger partial charge in [-0.3, -0.25) is 0 Å². The van der Waals surface area contributed by atoms with Crippen molar-refractivity contribution in [2.24, 2.45) is 0 Å². The van der Waals surface area contributed by atoms with Gasteiger partial charge in [0.1, 0.15) is 8.07 Å². The summed E-state index contributed by atoms with van der Waals surface area (Å²) in [4.78, 5) is 0. The summed E-state index contributed by atoms with van der Waals surface area (Å²) in [5.41, 5.74) is 3.15. The molecule has 3 aromatic rings. The van der Waals surface area contributed by atoms with Gasteiger partial charge in [0.2, 0.25) is 0 Å². The summed E-state index contributed by atoms with van der Waals surface area (Å²) >= 11 is 0. The molecule has 0 bridgehead atoms. The minimum atomic E-state index is -1.30. The van der Waals surface area contributed by atoms with E-state index in [1.165, 1.54) is 33.6 Å². The topological polar surface area (TPSA) is 0 Å². The number of halogens is 2. The average molecular weight is 563 g/mol. The molecule has 0 aromatic heterocycles. The summed E-state index contributed by atoms with van der Waals surface area (Å²) < 4.78 is 0. The Hall–Kier alpha value is -0.543.